The molecule has 13 aromatic rings. The van der Waals surface area contributed by atoms with E-state index in [4.69, 9.17) is 0 Å². The van der Waals surface area contributed by atoms with E-state index in [1.807, 2.05) is 0 Å². The predicted molar refractivity (Wildman–Crippen MR) is 284 cm³/mol. The molecule has 0 aliphatic rings. The summed E-state index contributed by atoms with van der Waals surface area (Å²) in [7, 11) is 0. The van der Waals surface area contributed by atoms with Crippen molar-refractivity contribution in [3.8, 4) is 66.8 Å². The Balaban J connectivity index is 0.978. The molecule has 0 aliphatic carbocycles. The van der Waals surface area contributed by atoms with Gasteiger partial charge in [-0.3, -0.25) is 0 Å². The normalized spacial score (nSPS) is 11.6. The van der Waals surface area contributed by atoms with Gasteiger partial charge in [0.2, 0.25) is 0 Å². The van der Waals surface area contributed by atoms with Gasteiger partial charge in [-0.1, -0.05) is 237 Å². The van der Waals surface area contributed by atoms with Crippen LogP contribution in [0.4, 0.5) is 0 Å². The number of benzene rings is 13. The third kappa shape index (κ3) is 6.30. The van der Waals surface area contributed by atoms with Crippen LogP contribution in [0.1, 0.15) is 0 Å². The molecule has 0 saturated heterocycles. The van der Waals surface area contributed by atoms with Crippen molar-refractivity contribution in [2.24, 2.45) is 0 Å². The SMILES string of the molecule is c1ccc(-c2ccc(-c3c4ccccc4c(-c4ccc(-c5ccc6c(-c7ccc8ccccc8c7)c7ccccc7c(-c7ccc8ccccc8c7)c6c5)cc4)c4ccccc34)cc2)cc1. The molecule has 66 heavy (non-hydrogen) atoms. The lowest BCUT2D eigenvalue weighted by Gasteiger charge is -2.20. The maximum atomic E-state index is 2.44. The highest BCUT2D eigenvalue weighted by Gasteiger charge is 2.20. The van der Waals surface area contributed by atoms with E-state index < -0.39 is 0 Å². The van der Waals surface area contributed by atoms with E-state index >= 15 is 0 Å². The molecule has 0 fully saturated rings. The zero-order chi connectivity index (χ0) is 43.6. The van der Waals surface area contributed by atoms with Gasteiger partial charge in [-0.05, 0) is 150 Å². The lowest BCUT2D eigenvalue weighted by Crippen LogP contribution is -1.92. The Hall–Kier alpha value is -8.58. The maximum absolute atomic E-state index is 2.44. The molecule has 0 nitrogen and oxygen atoms in total. The van der Waals surface area contributed by atoms with Crippen molar-refractivity contribution < 1.29 is 0 Å². The molecule has 0 N–H and O–H groups in total. The standard InChI is InChI=1S/C66H42/c1-2-14-43(15-3-1)46-26-32-48(33-27-46)63-55-20-8-10-22-57(55)64(58-23-11-9-21-56(58)63)49-34-28-47(29-35-49)52-38-39-61-62(42-52)66(54-37-31-45-17-5-7-19-51(45)41-54)60-25-13-12-24-59(60)65(61)53-36-30-44-16-4-6-18-50(44)40-53/h1-42H. The predicted octanol–water partition coefficient (Wildman–Crippen LogP) is 18.6. The third-order valence-electron chi connectivity index (χ3n) is 13.8. The molecular weight excluding hydrogens is 793 g/mol. The highest BCUT2D eigenvalue weighted by atomic mass is 14.2. The number of hydrogen-bond acceptors (Lipinski definition) is 0. The van der Waals surface area contributed by atoms with Crippen LogP contribution in [0.2, 0.25) is 0 Å². The highest BCUT2D eigenvalue weighted by molar-refractivity contribution is 6.23. The molecule has 0 unspecified atom stereocenters. The molecule has 0 aromatic heterocycles. The summed E-state index contributed by atoms with van der Waals surface area (Å²) >= 11 is 0. The number of fused-ring (bicyclic) bond motifs is 6. The molecule has 13 aromatic carbocycles. The van der Waals surface area contributed by atoms with E-state index in [9.17, 15) is 0 Å². The molecule has 0 bridgehead atoms. The van der Waals surface area contributed by atoms with Crippen LogP contribution in [0.5, 0.6) is 0 Å². The minimum Gasteiger partial charge on any atom is -0.0622 e. The maximum Gasteiger partial charge on any atom is -0.00259 e. The van der Waals surface area contributed by atoms with E-state index in [1.54, 1.807) is 0 Å². The summed E-state index contributed by atoms with van der Waals surface area (Å²) in [5.74, 6) is 0. The van der Waals surface area contributed by atoms with Crippen LogP contribution >= 0.6 is 0 Å². The molecule has 0 saturated carbocycles. The van der Waals surface area contributed by atoms with Gasteiger partial charge >= 0.3 is 0 Å². The monoisotopic (exact) mass is 834 g/mol. The molecule has 0 aliphatic heterocycles. The van der Waals surface area contributed by atoms with Crippen molar-refractivity contribution in [2.75, 3.05) is 0 Å². The molecule has 0 heteroatoms. The molecule has 0 radical (unpaired) electrons. The topological polar surface area (TPSA) is 0 Å². The van der Waals surface area contributed by atoms with Gasteiger partial charge in [-0.2, -0.15) is 0 Å². The second-order valence-corrected chi connectivity index (χ2v) is 17.5. The van der Waals surface area contributed by atoms with Crippen molar-refractivity contribution in [3.05, 3.63) is 255 Å². The fourth-order valence-electron chi connectivity index (χ4n) is 10.7. The van der Waals surface area contributed by atoms with Gasteiger partial charge in [-0.25, -0.2) is 0 Å². The lowest BCUT2D eigenvalue weighted by atomic mass is 9.84. The molecule has 13 rings (SSSR count). The summed E-state index contributed by atoms with van der Waals surface area (Å²) < 4.78 is 0. The van der Waals surface area contributed by atoms with E-state index in [0.29, 0.717) is 0 Å². The van der Waals surface area contributed by atoms with E-state index in [-0.39, 0.29) is 0 Å². The summed E-state index contributed by atoms with van der Waals surface area (Å²) in [4.78, 5) is 0. The first-order valence-corrected chi connectivity index (χ1v) is 22.9. The summed E-state index contributed by atoms with van der Waals surface area (Å²) in [6, 6.07) is 94.2. The van der Waals surface area contributed by atoms with E-state index in [1.165, 1.54) is 131 Å². The van der Waals surface area contributed by atoms with Crippen LogP contribution in [0.3, 0.4) is 0 Å². The Morgan fingerprint density at radius 1 is 0.136 bits per heavy atom. The number of rotatable bonds is 6. The largest absolute Gasteiger partial charge is 0.0622 e. The van der Waals surface area contributed by atoms with Gasteiger partial charge in [0.05, 0.1) is 0 Å². The van der Waals surface area contributed by atoms with Gasteiger partial charge in [0.25, 0.3) is 0 Å². The average Bonchev–Trinajstić information content (AvgIpc) is 3.39. The summed E-state index contributed by atoms with van der Waals surface area (Å²) in [6.45, 7) is 0. The highest BCUT2D eigenvalue weighted by Crippen LogP contribution is 2.47. The van der Waals surface area contributed by atoms with Gasteiger partial charge in [0, 0.05) is 0 Å². The minimum absolute atomic E-state index is 1.19. The fourth-order valence-corrected chi connectivity index (χ4v) is 10.7. The second-order valence-electron chi connectivity index (χ2n) is 17.5. The van der Waals surface area contributed by atoms with Gasteiger partial charge in [0.1, 0.15) is 0 Å². The van der Waals surface area contributed by atoms with Crippen molar-refractivity contribution in [2.45, 2.75) is 0 Å². The Labute approximate surface area is 384 Å². The van der Waals surface area contributed by atoms with Crippen LogP contribution in [-0.4, -0.2) is 0 Å². The number of hydrogen-bond donors (Lipinski definition) is 0. The zero-order valence-electron chi connectivity index (χ0n) is 36.2. The van der Waals surface area contributed by atoms with Crippen LogP contribution in [-0.2, 0) is 0 Å². The molecule has 0 amide bonds. The third-order valence-corrected chi connectivity index (χ3v) is 13.8. The Morgan fingerprint density at radius 3 is 0.879 bits per heavy atom. The van der Waals surface area contributed by atoms with Crippen LogP contribution < -0.4 is 0 Å². The molecule has 0 heterocycles. The van der Waals surface area contributed by atoms with Crippen LogP contribution in [0.25, 0.3) is 131 Å². The Morgan fingerprint density at radius 2 is 0.424 bits per heavy atom. The zero-order valence-corrected chi connectivity index (χ0v) is 36.2. The average molecular weight is 835 g/mol. The molecule has 0 spiro atoms. The first kappa shape index (κ1) is 37.9. The van der Waals surface area contributed by atoms with Crippen molar-refractivity contribution in [1.29, 1.82) is 0 Å². The molecular formula is C66H42. The summed E-state index contributed by atoms with van der Waals surface area (Å²) in [6.07, 6.45) is 0. The van der Waals surface area contributed by atoms with E-state index in [0.717, 1.165) is 0 Å². The molecule has 0 atom stereocenters. The van der Waals surface area contributed by atoms with Crippen molar-refractivity contribution in [1.82, 2.24) is 0 Å². The Kier molecular flexibility index (Phi) is 8.96. The summed E-state index contributed by atoms with van der Waals surface area (Å²) in [5, 5.41) is 15.0. The van der Waals surface area contributed by atoms with Gasteiger partial charge in [0.15, 0.2) is 0 Å². The van der Waals surface area contributed by atoms with Crippen molar-refractivity contribution >= 4 is 64.6 Å². The van der Waals surface area contributed by atoms with E-state index in [2.05, 4.69) is 255 Å². The minimum atomic E-state index is 1.19. The Bertz CT molecular complexity index is 3950. The smallest absolute Gasteiger partial charge is 0.00259 e. The van der Waals surface area contributed by atoms with Crippen LogP contribution in [0, 0.1) is 0 Å². The molecule has 306 valence electrons. The van der Waals surface area contributed by atoms with Gasteiger partial charge < -0.3 is 0 Å². The first-order chi connectivity index (χ1) is 32.7. The second kappa shape index (κ2) is 15.6. The van der Waals surface area contributed by atoms with Gasteiger partial charge in [-0.15, -0.1) is 0 Å². The van der Waals surface area contributed by atoms with Crippen molar-refractivity contribution in [3.63, 3.8) is 0 Å². The van der Waals surface area contributed by atoms with Crippen LogP contribution in [0.15, 0.2) is 255 Å². The fraction of sp³-hybridized carbons (Fsp3) is 0. The first-order valence-electron chi connectivity index (χ1n) is 22.9. The quantitative estimate of drug-likeness (QED) is 0.146. The lowest BCUT2D eigenvalue weighted by molar-refractivity contribution is 1.61. The summed E-state index contributed by atoms with van der Waals surface area (Å²) in [5.41, 5.74) is 14.8.